The number of hydrogen-bond donors (Lipinski definition) is 2. The highest BCUT2D eigenvalue weighted by Gasteiger charge is 2.16. The maximum atomic E-state index is 12.1. The van der Waals surface area contributed by atoms with Gasteiger partial charge in [0.25, 0.3) is 0 Å². The molecule has 0 saturated carbocycles. The largest absolute Gasteiger partial charge is 0.462 e. The Hall–Kier alpha value is -1.63. The SMILES string of the molecule is CCCCCCCCCCCCCCC(=O)O[C@@H](CO)COC(=O)CCCCCCCCCCCNC(C)=O. The number of esters is 2. The van der Waals surface area contributed by atoms with Gasteiger partial charge in [0.05, 0.1) is 6.61 Å². The van der Waals surface area contributed by atoms with Gasteiger partial charge in [0.2, 0.25) is 5.91 Å². The topological polar surface area (TPSA) is 102 Å². The van der Waals surface area contributed by atoms with Crippen LogP contribution in [0.3, 0.4) is 0 Å². The summed E-state index contributed by atoms with van der Waals surface area (Å²) in [6.07, 6.45) is 24.7. The van der Waals surface area contributed by atoms with E-state index in [0.29, 0.717) is 12.8 Å². The summed E-state index contributed by atoms with van der Waals surface area (Å²) in [5, 5.41) is 12.3. The molecular formula is C32H61NO6. The molecule has 0 fully saturated rings. The molecule has 0 aromatic rings. The molecule has 0 aromatic heterocycles. The van der Waals surface area contributed by atoms with Gasteiger partial charge in [0.1, 0.15) is 6.61 Å². The summed E-state index contributed by atoms with van der Waals surface area (Å²) in [6, 6.07) is 0. The van der Waals surface area contributed by atoms with Crippen LogP contribution < -0.4 is 5.32 Å². The van der Waals surface area contributed by atoms with Crippen molar-refractivity contribution in [2.45, 2.75) is 168 Å². The zero-order valence-electron chi connectivity index (χ0n) is 25.5. The van der Waals surface area contributed by atoms with Crippen LogP contribution in [0.5, 0.6) is 0 Å². The predicted octanol–water partition coefficient (Wildman–Crippen LogP) is 7.56. The number of carbonyl (C=O) groups excluding carboxylic acids is 3. The Morgan fingerprint density at radius 1 is 0.615 bits per heavy atom. The van der Waals surface area contributed by atoms with Crippen molar-refractivity contribution in [3.63, 3.8) is 0 Å². The summed E-state index contributed by atoms with van der Waals surface area (Å²) in [4.78, 5) is 34.8. The Bertz CT molecular complexity index is 583. The molecule has 2 N–H and O–H groups in total. The number of ether oxygens (including phenoxy) is 2. The molecule has 39 heavy (non-hydrogen) atoms. The van der Waals surface area contributed by atoms with Gasteiger partial charge in [-0.25, -0.2) is 0 Å². The molecule has 0 bridgehead atoms. The summed E-state index contributed by atoms with van der Waals surface area (Å²) >= 11 is 0. The molecule has 0 aliphatic carbocycles. The molecule has 7 heteroatoms. The van der Waals surface area contributed by atoms with Crippen molar-refractivity contribution in [1.82, 2.24) is 5.32 Å². The Morgan fingerprint density at radius 3 is 1.46 bits per heavy atom. The van der Waals surface area contributed by atoms with Crippen LogP contribution in [0.4, 0.5) is 0 Å². The van der Waals surface area contributed by atoms with E-state index < -0.39 is 6.10 Å². The second kappa shape index (κ2) is 29.4. The van der Waals surface area contributed by atoms with Crippen molar-refractivity contribution < 1.29 is 29.0 Å². The number of nitrogens with one attached hydrogen (secondary N) is 1. The Labute approximate surface area is 239 Å². The van der Waals surface area contributed by atoms with E-state index in [1.807, 2.05) is 0 Å². The molecule has 0 radical (unpaired) electrons. The predicted molar refractivity (Wildman–Crippen MR) is 158 cm³/mol. The average Bonchev–Trinajstić information content (AvgIpc) is 2.92. The number of hydrogen-bond acceptors (Lipinski definition) is 6. The normalized spacial score (nSPS) is 11.8. The fourth-order valence-electron chi connectivity index (χ4n) is 4.63. The summed E-state index contributed by atoms with van der Waals surface area (Å²) in [6.45, 7) is 4.14. The Balaban J connectivity index is 3.55. The Morgan fingerprint density at radius 2 is 1.03 bits per heavy atom. The van der Waals surface area contributed by atoms with Gasteiger partial charge in [-0.1, -0.05) is 122 Å². The smallest absolute Gasteiger partial charge is 0.306 e. The highest BCUT2D eigenvalue weighted by atomic mass is 16.6. The molecule has 0 aromatic carbocycles. The second-order valence-corrected chi connectivity index (χ2v) is 11.0. The minimum atomic E-state index is -0.781. The zero-order valence-corrected chi connectivity index (χ0v) is 25.5. The van der Waals surface area contributed by atoms with E-state index in [4.69, 9.17) is 9.47 Å². The van der Waals surface area contributed by atoms with Gasteiger partial charge < -0.3 is 19.9 Å². The van der Waals surface area contributed by atoms with Gasteiger partial charge in [0.15, 0.2) is 6.10 Å². The molecule has 0 unspecified atom stereocenters. The Kier molecular flexibility index (Phi) is 28.1. The zero-order chi connectivity index (χ0) is 28.8. The van der Waals surface area contributed by atoms with Crippen molar-refractivity contribution >= 4 is 17.8 Å². The van der Waals surface area contributed by atoms with Crippen LogP contribution in [0, 0.1) is 0 Å². The number of carbonyl (C=O) groups is 3. The first-order valence-electron chi connectivity index (χ1n) is 16.2. The van der Waals surface area contributed by atoms with Crippen molar-refractivity contribution in [2.75, 3.05) is 19.8 Å². The third kappa shape index (κ3) is 29.2. The van der Waals surface area contributed by atoms with Gasteiger partial charge in [-0.3, -0.25) is 14.4 Å². The summed E-state index contributed by atoms with van der Waals surface area (Å²) in [7, 11) is 0. The lowest BCUT2D eigenvalue weighted by Gasteiger charge is -2.15. The third-order valence-electron chi connectivity index (χ3n) is 7.10. The van der Waals surface area contributed by atoms with Gasteiger partial charge in [-0.05, 0) is 19.3 Å². The molecule has 0 saturated heterocycles. The lowest BCUT2D eigenvalue weighted by Crippen LogP contribution is -2.28. The van der Waals surface area contributed by atoms with Crippen molar-refractivity contribution in [1.29, 1.82) is 0 Å². The van der Waals surface area contributed by atoms with E-state index in [-0.39, 0.29) is 31.1 Å². The minimum absolute atomic E-state index is 0.0377. The van der Waals surface area contributed by atoms with Crippen LogP contribution in [0.1, 0.15) is 162 Å². The highest BCUT2D eigenvalue weighted by Crippen LogP contribution is 2.13. The first kappa shape index (κ1) is 37.4. The van der Waals surface area contributed by atoms with E-state index >= 15 is 0 Å². The summed E-state index contributed by atoms with van der Waals surface area (Å²) < 4.78 is 10.5. The molecule has 0 spiro atoms. The molecule has 0 aliphatic rings. The van der Waals surface area contributed by atoms with Gasteiger partial charge >= 0.3 is 11.9 Å². The summed E-state index contributed by atoms with van der Waals surface area (Å²) in [5.74, 6) is -0.592. The average molecular weight is 556 g/mol. The molecule has 230 valence electrons. The van der Waals surface area contributed by atoms with Crippen LogP contribution >= 0.6 is 0 Å². The van der Waals surface area contributed by atoms with E-state index in [1.54, 1.807) is 6.92 Å². The number of aliphatic hydroxyl groups is 1. The fourth-order valence-corrected chi connectivity index (χ4v) is 4.63. The molecule has 7 nitrogen and oxygen atoms in total. The van der Waals surface area contributed by atoms with E-state index in [2.05, 4.69) is 12.2 Å². The first-order valence-corrected chi connectivity index (χ1v) is 16.2. The first-order chi connectivity index (χ1) is 19.0. The van der Waals surface area contributed by atoms with E-state index in [0.717, 1.165) is 57.9 Å². The van der Waals surface area contributed by atoms with Crippen molar-refractivity contribution in [3.05, 3.63) is 0 Å². The highest BCUT2D eigenvalue weighted by molar-refractivity contribution is 5.72. The molecule has 1 amide bonds. The van der Waals surface area contributed by atoms with Crippen LogP contribution in [-0.4, -0.2) is 48.8 Å². The van der Waals surface area contributed by atoms with Crippen LogP contribution in [0.25, 0.3) is 0 Å². The monoisotopic (exact) mass is 555 g/mol. The second-order valence-electron chi connectivity index (χ2n) is 11.0. The number of amides is 1. The molecular weight excluding hydrogens is 494 g/mol. The molecule has 0 heterocycles. The van der Waals surface area contributed by atoms with E-state index in [9.17, 15) is 19.5 Å². The van der Waals surface area contributed by atoms with Gasteiger partial charge in [-0.15, -0.1) is 0 Å². The van der Waals surface area contributed by atoms with Crippen LogP contribution in [0.2, 0.25) is 0 Å². The number of aliphatic hydroxyl groups excluding tert-OH is 1. The van der Waals surface area contributed by atoms with Crippen LogP contribution in [-0.2, 0) is 23.9 Å². The quantitative estimate of drug-likeness (QED) is 0.0729. The standard InChI is InChI=1S/C32H61NO6/c1-3-4-5-6-7-8-9-10-12-16-19-22-25-32(37)39-30(27-34)28-38-31(36)24-21-18-15-13-11-14-17-20-23-26-33-29(2)35/h30,34H,3-28H2,1-2H3,(H,33,35)/t30-/m0/s1. The lowest BCUT2D eigenvalue weighted by molar-refractivity contribution is -0.161. The van der Waals surface area contributed by atoms with Gasteiger partial charge in [0, 0.05) is 26.3 Å². The maximum absolute atomic E-state index is 12.1. The van der Waals surface area contributed by atoms with E-state index in [1.165, 1.54) is 83.5 Å². The number of unbranched alkanes of at least 4 members (excludes halogenated alkanes) is 19. The molecule has 0 rings (SSSR count). The number of rotatable bonds is 29. The maximum Gasteiger partial charge on any atom is 0.306 e. The third-order valence-corrected chi connectivity index (χ3v) is 7.10. The van der Waals surface area contributed by atoms with Crippen LogP contribution in [0.15, 0.2) is 0 Å². The fraction of sp³-hybridized carbons (Fsp3) is 0.906. The molecule has 0 aliphatic heterocycles. The van der Waals surface area contributed by atoms with Crippen molar-refractivity contribution in [2.24, 2.45) is 0 Å². The minimum Gasteiger partial charge on any atom is -0.462 e. The lowest BCUT2D eigenvalue weighted by atomic mass is 10.0. The molecule has 1 atom stereocenters. The van der Waals surface area contributed by atoms with Crippen molar-refractivity contribution in [3.8, 4) is 0 Å². The summed E-state index contributed by atoms with van der Waals surface area (Å²) in [5.41, 5.74) is 0. The van der Waals surface area contributed by atoms with Gasteiger partial charge in [-0.2, -0.15) is 0 Å².